The molecule has 2 rings (SSSR count). The Labute approximate surface area is 149 Å². The molecule has 0 saturated carbocycles. The molecular weight excluding hydrogens is 348 g/mol. The summed E-state index contributed by atoms with van der Waals surface area (Å²) < 4.78 is 1.20. The van der Waals surface area contributed by atoms with Gasteiger partial charge >= 0.3 is 0 Å². The number of aryl methyl sites for hydroxylation is 4. The molecule has 0 spiro atoms. The Balaban J connectivity index is 0.000000335. The zero-order valence-electron chi connectivity index (χ0n) is 14.8. The molecule has 0 unspecified atom stereocenters. The SMILES string of the molecule is C=CC(C)=O.CCc1ccc(Br)c(C)c1.Cc1ccc(C)cc1. The van der Waals surface area contributed by atoms with Crippen LogP contribution >= 0.6 is 15.9 Å². The maximum atomic E-state index is 9.69. The Kier molecular flexibility index (Phi) is 11.0. The van der Waals surface area contributed by atoms with Gasteiger partial charge in [-0.05, 0) is 57.4 Å². The summed E-state index contributed by atoms with van der Waals surface area (Å²) in [6.07, 6.45) is 2.40. The molecule has 0 aliphatic heterocycles. The molecule has 0 aromatic heterocycles. The van der Waals surface area contributed by atoms with Crippen LogP contribution in [0.5, 0.6) is 0 Å². The Hall–Kier alpha value is -1.67. The van der Waals surface area contributed by atoms with Crippen LogP contribution in [0.2, 0.25) is 0 Å². The number of allylic oxidation sites excluding steroid dienone is 1. The topological polar surface area (TPSA) is 17.1 Å². The van der Waals surface area contributed by atoms with E-state index in [1.54, 1.807) is 0 Å². The van der Waals surface area contributed by atoms with Crippen LogP contribution in [0.25, 0.3) is 0 Å². The molecule has 2 heteroatoms. The number of carbonyl (C=O) groups is 1. The molecule has 2 aromatic carbocycles. The highest BCUT2D eigenvalue weighted by molar-refractivity contribution is 9.10. The second-order valence-electron chi connectivity index (χ2n) is 5.41. The molecule has 0 radical (unpaired) electrons. The Bertz CT molecular complexity index is 591. The van der Waals surface area contributed by atoms with Crippen LogP contribution < -0.4 is 0 Å². The van der Waals surface area contributed by atoms with E-state index < -0.39 is 0 Å². The molecule has 0 N–H and O–H groups in total. The second kappa shape index (κ2) is 11.8. The van der Waals surface area contributed by atoms with Gasteiger partial charge in [0, 0.05) is 4.47 Å². The number of halogens is 1. The first-order valence-electron chi connectivity index (χ1n) is 7.71. The summed E-state index contributed by atoms with van der Waals surface area (Å²) in [4.78, 5) is 9.69. The van der Waals surface area contributed by atoms with Crippen molar-refractivity contribution in [2.75, 3.05) is 0 Å². The maximum Gasteiger partial charge on any atom is 0.152 e. The van der Waals surface area contributed by atoms with E-state index in [9.17, 15) is 4.79 Å². The molecule has 0 fully saturated rings. The largest absolute Gasteiger partial charge is 0.295 e. The van der Waals surface area contributed by atoms with Gasteiger partial charge in [0.15, 0.2) is 5.78 Å². The average Bonchev–Trinajstić information content (AvgIpc) is 2.54. The molecule has 23 heavy (non-hydrogen) atoms. The van der Waals surface area contributed by atoms with Gasteiger partial charge in [-0.15, -0.1) is 0 Å². The summed E-state index contributed by atoms with van der Waals surface area (Å²) in [5.41, 5.74) is 5.38. The molecule has 0 aliphatic carbocycles. The fraction of sp³-hybridized carbons (Fsp3) is 0.286. The van der Waals surface area contributed by atoms with Gasteiger partial charge in [0.05, 0.1) is 0 Å². The summed E-state index contributed by atoms with van der Waals surface area (Å²) in [6.45, 7) is 13.2. The summed E-state index contributed by atoms with van der Waals surface area (Å²) in [5, 5.41) is 0. The highest BCUT2D eigenvalue weighted by Gasteiger charge is 1.93. The number of carbonyl (C=O) groups excluding carboxylic acids is 1. The second-order valence-corrected chi connectivity index (χ2v) is 6.26. The first-order chi connectivity index (χ1) is 10.8. The van der Waals surface area contributed by atoms with Crippen LogP contribution in [0.15, 0.2) is 59.6 Å². The Morgan fingerprint density at radius 3 is 1.78 bits per heavy atom. The highest BCUT2D eigenvalue weighted by atomic mass is 79.9. The van der Waals surface area contributed by atoms with Crippen molar-refractivity contribution in [1.82, 2.24) is 0 Å². The molecule has 0 amide bonds. The zero-order valence-corrected chi connectivity index (χ0v) is 16.4. The first-order valence-corrected chi connectivity index (χ1v) is 8.50. The lowest BCUT2D eigenvalue weighted by molar-refractivity contribution is -0.112. The van der Waals surface area contributed by atoms with E-state index in [4.69, 9.17) is 0 Å². The van der Waals surface area contributed by atoms with Gasteiger partial charge in [-0.2, -0.15) is 0 Å². The fourth-order valence-electron chi connectivity index (χ4n) is 1.56. The molecule has 0 heterocycles. The van der Waals surface area contributed by atoms with Crippen molar-refractivity contribution in [3.8, 4) is 0 Å². The van der Waals surface area contributed by atoms with Gasteiger partial charge in [-0.3, -0.25) is 4.79 Å². The van der Waals surface area contributed by atoms with Crippen molar-refractivity contribution in [3.05, 3.63) is 81.8 Å². The van der Waals surface area contributed by atoms with Crippen LogP contribution in [0, 0.1) is 20.8 Å². The number of hydrogen-bond donors (Lipinski definition) is 0. The molecular formula is C21H27BrO. The smallest absolute Gasteiger partial charge is 0.152 e. The third kappa shape index (κ3) is 10.6. The number of ketones is 1. The van der Waals surface area contributed by atoms with Gasteiger partial charge in [-0.1, -0.05) is 77.0 Å². The van der Waals surface area contributed by atoms with Crippen LogP contribution in [-0.2, 0) is 11.2 Å². The Morgan fingerprint density at radius 1 is 1.04 bits per heavy atom. The molecule has 0 bridgehead atoms. The van der Waals surface area contributed by atoms with Crippen molar-refractivity contribution in [2.45, 2.75) is 41.0 Å². The zero-order chi connectivity index (χ0) is 17.8. The minimum Gasteiger partial charge on any atom is -0.295 e. The van der Waals surface area contributed by atoms with Gasteiger partial charge in [-0.25, -0.2) is 0 Å². The van der Waals surface area contributed by atoms with Crippen LogP contribution in [-0.4, -0.2) is 5.78 Å². The van der Waals surface area contributed by atoms with Gasteiger partial charge in [0.2, 0.25) is 0 Å². The third-order valence-electron chi connectivity index (χ3n) is 3.14. The van der Waals surface area contributed by atoms with Gasteiger partial charge in [0.25, 0.3) is 0 Å². The van der Waals surface area contributed by atoms with Crippen LogP contribution in [0.1, 0.15) is 36.1 Å². The highest BCUT2D eigenvalue weighted by Crippen LogP contribution is 2.16. The minimum atomic E-state index is 0.0185. The van der Waals surface area contributed by atoms with E-state index in [-0.39, 0.29) is 5.78 Å². The number of benzene rings is 2. The van der Waals surface area contributed by atoms with E-state index in [0.717, 1.165) is 6.42 Å². The molecule has 0 saturated heterocycles. The van der Waals surface area contributed by atoms with E-state index in [2.05, 4.69) is 92.7 Å². The third-order valence-corrected chi connectivity index (χ3v) is 4.03. The monoisotopic (exact) mass is 374 g/mol. The van der Waals surface area contributed by atoms with E-state index in [1.807, 2.05) is 0 Å². The van der Waals surface area contributed by atoms with Crippen LogP contribution in [0.4, 0.5) is 0 Å². The molecule has 0 atom stereocenters. The molecule has 2 aromatic rings. The number of rotatable bonds is 2. The lowest BCUT2D eigenvalue weighted by Crippen LogP contribution is -1.81. The van der Waals surface area contributed by atoms with Crippen molar-refractivity contribution >= 4 is 21.7 Å². The fourth-order valence-corrected chi connectivity index (χ4v) is 1.81. The summed E-state index contributed by atoms with van der Waals surface area (Å²) in [6, 6.07) is 14.9. The summed E-state index contributed by atoms with van der Waals surface area (Å²) in [7, 11) is 0. The van der Waals surface area contributed by atoms with Gasteiger partial charge in [0.1, 0.15) is 0 Å². The molecule has 0 aliphatic rings. The van der Waals surface area contributed by atoms with Crippen LogP contribution in [0.3, 0.4) is 0 Å². The standard InChI is InChI=1S/C9H11Br.C8H10.C4H6O/c1-3-8-4-5-9(10)7(2)6-8;1-7-3-5-8(2)6-4-7;1-3-4(2)5/h4-6H,3H2,1-2H3;3-6H,1-2H3;3H,1H2,2H3. The quantitative estimate of drug-likeness (QED) is 0.556. The van der Waals surface area contributed by atoms with E-state index >= 15 is 0 Å². The molecule has 124 valence electrons. The molecule has 1 nitrogen and oxygen atoms in total. The predicted molar refractivity (Wildman–Crippen MR) is 105 cm³/mol. The number of hydrogen-bond acceptors (Lipinski definition) is 1. The normalized spacial score (nSPS) is 8.96. The Morgan fingerprint density at radius 2 is 1.48 bits per heavy atom. The van der Waals surface area contributed by atoms with E-state index in [1.165, 1.54) is 39.7 Å². The lowest BCUT2D eigenvalue weighted by Gasteiger charge is -1.99. The van der Waals surface area contributed by atoms with Crippen molar-refractivity contribution in [3.63, 3.8) is 0 Å². The van der Waals surface area contributed by atoms with Crippen molar-refractivity contribution in [1.29, 1.82) is 0 Å². The average molecular weight is 375 g/mol. The lowest BCUT2D eigenvalue weighted by atomic mass is 10.1. The van der Waals surface area contributed by atoms with Crippen molar-refractivity contribution in [2.24, 2.45) is 0 Å². The van der Waals surface area contributed by atoms with Crippen molar-refractivity contribution < 1.29 is 4.79 Å². The summed E-state index contributed by atoms with van der Waals surface area (Å²) >= 11 is 3.46. The predicted octanol–water partition coefficient (Wildman–Crippen LogP) is 6.38. The van der Waals surface area contributed by atoms with Gasteiger partial charge < -0.3 is 0 Å². The maximum absolute atomic E-state index is 9.69. The first kappa shape index (κ1) is 21.3. The van der Waals surface area contributed by atoms with E-state index in [0.29, 0.717) is 0 Å². The minimum absolute atomic E-state index is 0.0185. The summed E-state index contributed by atoms with van der Waals surface area (Å²) in [5.74, 6) is 0.0185.